The van der Waals surface area contributed by atoms with Gasteiger partial charge in [0.2, 0.25) is 5.91 Å². The number of aromatic nitrogens is 1. The van der Waals surface area contributed by atoms with Gasteiger partial charge in [0.05, 0.1) is 15.9 Å². The Morgan fingerprint density at radius 1 is 1.38 bits per heavy atom. The van der Waals surface area contributed by atoms with E-state index in [1.165, 1.54) is 24.6 Å². The number of hydrogen-bond acceptors (Lipinski definition) is 4. The number of nitrogens with one attached hydrogen (secondary N) is 1. The summed E-state index contributed by atoms with van der Waals surface area (Å²) in [6.45, 7) is 2.23. The molecule has 21 heavy (non-hydrogen) atoms. The Balaban J connectivity index is 1.80. The standard InChI is InChI=1S/C16H24N2O2S/c1-13(21-14-8-4-7-11-17-14)15(19)18-12-16(20)9-5-2-3-6-10-16/h4,7-8,11,13,20H,2-3,5-6,9-10,12H2,1H3,(H,18,19). The first-order valence-electron chi connectivity index (χ1n) is 7.67. The van der Waals surface area contributed by atoms with E-state index in [9.17, 15) is 9.90 Å². The van der Waals surface area contributed by atoms with Crippen LogP contribution in [0.2, 0.25) is 0 Å². The molecular formula is C16H24N2O2S. The van der Waals surface area contributed by atoms with Crippen molar-refractivity contribution < 1.29 is 9.90 Å². The third-order valence-electron chi connectivity index (χ3n) is 3.93. The predicted molar refractivity (Wildman–Crippen MR) is 85.2 cm³/mol. The van der Waals surface area contributed by atoms with Crippen molar-refractivity contribution >= 4 is 17.7 Å². The molecule has 2 N–H and O–H groups in total. The van der Waals surface area contributed by atoms with Gasteiger partial charge in [-0.15, -0.1) is 0 Å². The van der Waals surface area contributed by atoms with Crippen molar-refractivity contribution in [3.63, 3.8) is 0 Å². The van der Waals surface area contributed by atoms with Crippen molar-refractivity contribution in [3.8, 4) is 0 Å². The molecule has 1 aliphatic carbocycles. The molecule has 0 radical (unpaired) electrons. The van der Waals surface area contributed by atoms with Crippen LogP contribution in [0.5, 0.6) is 0 Å². The molecule has 1 amide bonds. The van der Waals surface area contributed by atoms with Crippen LogP contribution in [-0.4, -0.2) is 33.4 Å². The fourth-order valence-corrected chi connectivity index (χ4v) is 3.44. The molecule has 1 aliphatic rings. The summed E-state index contributed by atoms with van der Waals surface area (Å²) in [6, 6.07) is 5.66. The Hall–Kier alpha value is -1.07. The number of pyridine rings is 1. The molecular weight excluding hydrogens is 284 g/mol. The Morgan fingerprint density at radius 3 is 2.71 bits per heavy atom. The summed E-state index contributed by atoms with van der Waals surface area (Å²) in [6.07, 6.45) is 7.75. The minimum atomic E-state index is -0.721. The highest BCUT2D eigenvalue weighted by molar-refractivity contribution is 8.00. The molecule has 0 bridgehead atoms. The Kier molecular flexibility index (Phi) is 6.06. The molecule has 2 rings (SSSR count). The molecule has 4 nitrogen and oxygen atoms in total. The van der Waals surface area contributed by atoms with Crippen LogP contribution in [0.1, 0.15) is 45.4 Å². The molecule has 1 fully saturated rings. The van der Waals surface area contributed by atoms with Crippen molar-refractivity contribution in [2.45, 2.75) is 61.3 Å². The van der Waals surface area contributed by atoms with E-state index in [1.807, 2.05) is 25.1 Å². The molecule has 1 aromatic rings. The van der Waals surface area contributed by atoms with Crippen molar-refractivity contribution in [2.75, 3.05) is 6.54 Å². The normalized spacial score (nSPS) is 19.5. The van der Waals surface area contributed by atoms with E-state index in [4.69, 9.17) is 0 Å². The van der Waals surface area contributed by atoms with Crippen molar-refractivity contribution in [2.24, 2.45) is 0 Å². The van der Waals surface area contributed by atoms with Gasteiger partial charge < -0.3 is 10.4 Å². The van der Waals surface area contributed by atoms with Gasteiger partial charge in [-0.25, -0.2) is 4.98 Å². The number of carbonyl (C=O) groups is 1. The minimum absolute atomic E-state index is 0.0386. The zero-order chi connectivity index (χ0) is 15.1. The first-order valence-corrected chi connectivity index (χ1v) is 8.55. The highest BCUT2D eigenvalue weighted by atomic mass is 32.2. The molecule has 0 saturated heterocycles. The van der Waals surface area contributed by atoms with Crippen LogP contribution in [0.4, 0.5) is 0 Å². The maximum atomic E-state index is 12.1. The maximum absolute atomic E-state index is 12.1. The number of hydrogen-bond donors (Lipinski definition) is 2. The van der Waals surface area contributed by atoms with E-state index in [0.717, 1.165) is 30.7 Å². The van der Waals surface area contributed by atoms with Gasteiger partial charge in [0.15, 0.2) is 0 Å². The topological polar surface area (TPSA) is 62.2 Å². The SMILES string of the molecule is CC(Sc1ccccn1)C(=O)NCC1(O)CCCCCC1. The average Bonchev–Trinajstić information content (AvgIpc) is 2.71. The summed E-state index contributed by atoms with van der Waals surface area (Å²) in [5.74, 6) is -0.0386. The van der Waals surface area contributed by atoms with Gasteiger partial charge in [-0.05, 0) is 31.9 Å². The molecule has 116 valence electrons. The van der Waals surface area contributed by atoms with E-state index < -0.39 is 5.60 Å². The third kappa shape index (κ3) is 5.32. The second-order valence-corrected chi connectivity index (χ2v) is 7.15. The zero-order valence-corrected chi connectivity index (χ0v) is 13.4. The number of rotatable bonds is 5. The van der Waals surface area contributed by atoms with E-state index in [1.54, 1.807) is 6.20 Å². The number of aliphatic hydroxyl groups is 1. The lowest BCUT2D eigenvalue weighted by Crippen LogP contribution is -2.44. The Labute approximate surface area is 130 Å². The van der Waals surface area contributed by atoms with Crippen molar-refractivity contribution in [1.29, 1.82) is 0 Å². The average molecular weight is 308 g/mol. The summed E-state index contributed by atoms with van der Waals surface area (Å²) >= 11 is 1.44. The summed E-state index contributed by atoms with van der Waals surface area (Å²) < 4.78 is 0. The minimum Gasteiger partial charge on any atom is -0.388 e. The monoisotopic (exact) mass is 308 g/mol. The van der Waals surface area contributed by atoms with E-state index in [0.29, 0.717) is 6.54 Å². The van der Waals surface area contributed by atoms with Crippen molar-refractivity contribution in [3.05, 3.63) is 24.4 Å². The fourth-order valence-electron chi connectivity index (χ4n) is 2.61. The lowest BCUT2D eigenvalue weighted by molar-refractivity contribution is -0.121. The van der Waals surface area contributed by atoms with Crippen LogP contribution in [0.15, 0.2) is 29.4 Å². The van der Waals surface area contributed by atoms with Gasteiger partial charge in [0, 0.05) is 12.7 Å². The largest absolute Gasteiger partial charge is 0.388 e. The molecule has 1 aromatic heterocycles. The highest BCUT2D eigenvalue weighted by Crippen LogP contribution is 2.26. The Bertz CT molecular complexity index is 445. The summed E-state index contributed by atoms with van der Waals surface area (Å²) in [5, 5.41) is 14.1. The van der Waals surface area contributed by atoms with Crippen LogP contribution in [0.3, 0.4) is 0 Å². The number of nitrogens with zero attached hydrogens (tertiary/aromatic N) is 1. The second-order valence-electron chi connectivity index (χ2n) is 5.78. The van der Waals surface area contributed by atoms with Crippen LogP contribution in [-0.2, 0) is 4.79 Å². The third-order valence-corrected chi connectivity index (χ3v) is 4.98. The zero-order valence-electron chi connectivity index (χ0n) is 12.5. The van der Waals surface area contributed by atoms with E-state index in [2.05, 4.69) is 10.3 Å². The van der Waals surface area contributed by atoms with E-state index in [-0.39, 0.29) is 11.2 Å². The molecule has 0 spiro atoms. The number of amides is 1. The first kappa shape index (κ1) is 16.3. The van der Waals surface area contributed by atoms with Gasteiger partial charge in [0.1, 0.15) is 0 Å². The van der Waals surface area contributed by atoms with Crippen LogP contribution in [0.25, 0.3) is 0 Å². The van der Waals surface area contributed by atoms with Crippen LogP contribution in [0, 0.1) is 0 Å². The smallest absolute Gasteiger partial charge is 0.233 e. The van der Waals surface area contributed by atoms with Gasteiger partial charge in [-0.1, -0.05) is 43.5 Å². The fraction of sp³-hybridized carbons (Fsp3) is 0.625. The molecule has 1 heterocycles. The molecule has 5 heteroatoms. The summed E-state index contributed by atoms with van der Waals surface area (Å²) in [5.41, 5.74) is -0.721. The molecule has 0 aliphatic heterocycles. The van der Waals surface area contributed by atoms with Gasteiger partial charge in [-0.2, -0.15) is 0 Å². The quantitative estimate of drug-likeness (QED) is 0.648. The second kappa shape index (κ2) is 7.80. The maximum Gasteiger partial charge on any atom is 0.233 e. The molecule has 0 aromatic carbocycles. The summed E-state index contributed by atoms with van der Waals surface area (Å²) in [4.78, 5) is 16.4. The Morgan fingerprint density at radius 2 is 2.10 bits per heavy atom. The van der Waals surface area contributed by atoms with E-state index >= 15 is 0 Å². The molecule has 1 atom stereocenters. The van der Waals surface area contributed by atoms with Gasteiger partial charge >= 0.3 is 0 Å². The first-order chi connectivity index (χ1) is 10.1. The van der Waals surface area contributed by atoms with Gasteiger partial charge in [0.25, 0.3) is 0 Å². The van der Waals surface area contributed by atoms with Crippen LogP contribution >= 0.6 is 11.8 Å². The lowest BCUT2D eigenvalue weighted by Gasteiger charge is -2.27. The van der Waals surface area contributed by atoms with Crippen molar-refractivity contribution in [1.82, 2.24) is 10.3 Å². The highest BCUT2D eigenvalue weighted by Gasteiger charge is 2.29. The number of carbonyl (C=O) groups excluding carboxylic acids is 1. The van der Waals surface area contributed by atoms with Crippen LogP contribution < -0.4 is 5.32 Å². The molecule has 1 unspecified atom stereocenters. The lowest BCUT2D eigenvalue weighted by atomic mass is 9.94. The molecule has 1 saturated carbocycles. The predicted octanol–water partition coefficient (Wildman–Crippen LogP) is 2.76. The van der Waals surface area contributed by atoms with Gasteiger partial charge in [-0.3, -0.25) is 4.79 Å². The number of thioether (sulfide) groups is 1. The summed E-state index contributed by atoms with van der Waals surface area (Å²) in [7, 11) is 0.